The third-order valence-electron chi connectivity index (χ3n) is 1.79. The van der Waals surface area contributed by atoms with E-state index in [0.717, 1.165) is 5.69 Å². The quantitative estimate of drug-likeness (QED) is 0.265. The van der Waals surface area contributed by atoms with E-state index in [2.05, 4.69) is 20.4 Å². The second kappa shape index (κ2) is 5.13. The molecule has 0 aromatic carbocycles. The van der Waals surface area contributed by atoms with Crippen molar-refractivity contribution in [1.29, 1.82) is 0 Å². The van der Waals surface area contributed by atoms with Crippen LogP contribution in [-0.2, 0) is 6.54 Å². The molecule has 0 aliphatic heterocycles. The summed E-state index contributed by atoms with van der Waals surface area (Å²) >= 11 is 0. The van der Waals surface area contributed by atoms with Crippen molar-refractivity contribution in [1.82, 2.24) is 15.3 Å². The minimum Gasteiger partial charge on any atom is -0.409 e. The molecule has 1 aromatic rings. The minimum absolute atomic E-state index is 0.152. The van der Waals surface area contributed by atoms with Crippen molar-refractivity contribution >= 4 is 5.84 Å². The van der Waals surface area contributed by atoms with Crippen LogP contribution < -0.4 is 11.1 Å². The topological polar surface area (TPSA) is 96.4 Å². The van der Waals surface area contributed by atoms with Gasteiger partial charge in [0.05, 0.1) is 11.7 Å². The molecule has 0 fully saturated rings. The van der Waals surface area contributed by atoms with Gasteiger partial charge in [0.15, 0.2) is 5.84 Å². The van der Waals surface area contributed by atoms with Crippen molar-refractivity contribution in [3.8, 4) is 0 Å². The fraction of sp³-hybridized carbons (Fsp3) is 0.375. The fourth-order valence-electron chi connectivity index (χ4n) is 0.871. The van der Waals surface area contributed by atoms with E-state index in [0.29, 0.717) is 6.54 Å². The molecular formula is C8H13N5O. The van der Waals surface area contributed by atoms with Crippen LogP contribution in [0.3, 0.4) is 0 Å². The predicted molar refractivity (Wildman–Crippen MR) is 51.7 cm³/mol. The van der Waals surface area contributed by atoms with Crippen LogP contribution >= 0.6 is 0 Å². The van der Waals surface area contributed by atoms with Gasteiger partial charge in [-0.2, -0.15) is 0 Å². The van der Waals surface area contributed by atoms with Crippen LogP contribution in [0, 0.1) is 0 Å². The summed E-state index contributed by atoms with van der Waals surface area (Å²) in [6, 6.07) is 1.61. The number of nitrogens with zero attached hydrogens (tertiary/aromatic N) is 3. The fourth-order valence-corrected chi connectivity index (χ4v) is 0.871. The Bertz CT molecular complexity index is 300. The number of hydrogen-bond acceptors (Lipinski definition) is 5. The molecule has 0 saturated heterocycles. The van der Waals surface area contributed by atoms with Crippen molar-refractivity contribution in [2.24, 2.45) is 10.9 Å². The van der Waals surface area contributed by atoms with E-state index in [-0.39, 0.29) is 11.9 Å². The zero-order valence-corrected chi connectivity index (χ0v) is 7.88. The molecule has 1 atom stereocenters. The second-order valence-corrected chi connectivity index (χ2v) is 2.83. The molecule has 6 nitrogen and oxygen atoms in total. The largest absolute Gasteiger partial charge is 0.409 e. The first-order valence-corrected chi connectivity index (χ1v) is 4.19. The van der Waals surface area contributed by atoms with Crippen LogP contribution in [0.1, 0.15) is 12.6 Å². The van der Waals surface area contributed by atoms with Gasteiger partial charge in [0.2, 0.25) is 0 Å². The molecule has 0 bridgehead atoms. The van der Waals surface area contributed by atoms with Gasteiger partial charge in [-0.15, -0.1) is 0 Å². The standard InChI is InChI=1S/C8H13N5O/c1-6(8(9)13-14)11-4-7-2-3-10-5-12-7/h2-3,5-6,11,14H,4H2,1H3,(H2,9,13). The number of nitrogens with two attached hydrogens (primary N) is 1. The summed E-state index contributed by atoms with van der Waals surface area (Å²) in [6.07, 6.45) is 3.14. The Kier molecular flexibility index (Phi) is 3.81. The lowest BCUT2D eigenvalue weighted by atomic mass is 10.3. The van der Waals surface area contributed by atoms with Gasteiger partial charge in [0, 0.05) is 12.7 Å². The van der Waals surface area contributed by atoms with Crippen LogP contribution in [-0.4, -0.2) is 27.1 Å². The van der Waals surface area contributed by atoms with E-state index in [4.69, 9.17) is 10.9 Å². The number of oxime groups is 1. The number of aromatic nitrogens is 2. The van der Waals surface area contributed by atoms with E-state index < -0.39 is 0 Å². The van der Waals surface area contributed by atoms with Crippen LogP contribution in [0.4, 0.5) is 0 Å². The van der Waals surface area contributed by atoms with Gasteiger partial charge in [-0.25, -0.2) is 9.97 Å². The van der Waals surface area contributed by atoms with Crippen molar-refractivity contribution in [3.63, 3.8) is 0 Å². The maximum Gasteiger partial charge on any atom is 0.156 e. The average Bonchev–Trinajstić information content (AvgIpc) is 2.26. The Morgan fingerprint density at radius 3 is 3.14 bits per heavy atom. The van der Waals surface area contributed by atoms with Crippen molar-refractivity contribution in [2.45, 2.75) is 19.5 Å². The molecule has 1 aromatic heterocycles. The molecule has 0 saturated carbocycles. The lowest BCUT2D eigenvalue weighted by Gasteiger charge is -2.10. The number of rotatable bonds is 4. The zero-order valence-electron chi connectivity index (χ0n) is 7.88. The van der Waals surface area contributed by atoms with Gasteiger partial charge in [0.1, 0.15) is 6.33 Å². The highest BCUT2D eigenvalue weighted by Gasteiger charge is 2.06. The molecule has 14 heavy (non-hydrogen) atoms. The average molecular weight is 195 g/mol. The van der Waals surface area contributed by atoms with Crippen LogP contribution in [0.15, 0.2) is 23.7 Å². The van der Waals surface area contributed by atoms with Gasteiger partial charge in [-0.05, 0) is 13.0 Å². The van der Waals surface area contributed by atoms with Crippen molar-refractivity contribution in [2.75, 3.05) is 0 Å². The maximum atomic E-state index is 8.40. The number of amidine groups is 1. The van der Waals surface area contributed by atoms with Gasteiger partial charge < -0.3 is 16.3 Å². The van der Waals surface area contributed by atoms with Crippen molar-refractivity contribution < 1.29 is 5.21 Å². The molecule has 0 aliphatic rings. The highest BCUT2D eigenvalue weighted by atomic mass is 16.4. The molecule has 0 aliphatic carbocycles. The zero-order chi connectivity index (χ0) is 10.4. The number of hydrogen-bond donors (Lipinski definition) is 3. The molecule has 0 spiro atoms. The lowest BCUT2D eigenvalue weighted by Crippen LogP contribution is -2.38. The third kappa shape index (κ3) is 2.98. The maximum absolute atomic E-state index is 8.40. The Balaban J connectivity index is 2.42. The highest BCUT2D eigenvalue weighted by molar-refractivity contribution is 5.84. The molecule has 1 unspecified atom stereocenters. The second-order valence-electron chi connectivity index (χ2n) is 2.83. The first kappa shape index (κ1) is 10.4. The molecule has 6 heteroatoms. The van der Waals surface area contributed by atoms with E-state index in [1.54, 1.807) is 19.2 Å². The first-order chi connectivity index (χ1) is 6.74. The molecule has 1 rings (SSSR count). The minimum atomic E-state index is -0.185. The summed E-state index contributed by atoms with van der Waals surface area (Å²) in [4.78, 5) is 7.82. The van der Waals surface area contributed by atoms with Gasteiger partial charge in [-0.1, -0.05) is 5.16 Å². The van der Waals surface area contributed by atoms with E-state index in [9.17, 15) is 0 Å². The summed E-state index contributed by atoms with van der Waals surface area (Å²) in [7, 11) is 0. The van der Waals surface area contributed by atoms with Crippen LogP contribution in [0.2, 0.25) is 0 Å². The van der Waals surface area contributed by atoms with Crippen molar-refractivity contribution in [3.05, 3.63) is 24.3 Å². The summed E-state index contributed by atoms with van der Waals surface area (Å²) in [5, 5.41) is 14.3. The predicted octanol–water partition coefficient (Wildman–Crippen LogP) is -0.299. The summed E-state index contributed by atoms with van der Waals surface area (Å²) in [6.45, 7) is 2.36. The van der Waals surface area contributed by atoms with Gasteiger partial charge in [0.25, 0.3) is 0 Å². The van der Waals surface area contributed by atoms with Gasteiger partial charge >= 0.3 is 0 Å². The third-order valence-corrected chi connectivity index (χ3v) is 1.79. The Labute approximate surface area is 81.9 Å². The van der Waals surface area contributed by atoms with Crippen LogP contribution in [0.5, 0.6) is 0 Å². The molecule has 1 heterocycles. The molecular weight excluding hydrogens is 182 g/mol. The summed E-state index contributed by atoms with van der Waals surface area (Å²) in [5.41, 5.74) is 6.24. The first-order valence-electron chi connectivity index (χ1n) is 4.19. The SMILES string of the molecule is CC(NCc1ccncn1)/C(N)=N/O. The Morgan fingerprint density at radius 2 is 2.57 bits per heavy atom. The number of nitrogens with one attached hydrogen (secondary N) is 1. The Hall–Kier alpha value is -1.69. The van der Waals surface area contributed by atoms with Crippen LogP contribution in [0.25, 0.3) is 0 Å². The monoisotopic (exact) mass is 195 g/mol. The summed E-state index contributed by atoms with van der Waals surface area (Å²) < 4.78 is 0. The Morgan fingerprint density at radius 1 is 1.79 bits per heavy atom. The van der Waals surface area contributed by atoms with E-state index >= 15 is 0 Å². The molecule has 0 amide bonds. The smallest absolute Gasteiger partial charge is 0.156 e. The molecule has 4 N–H and O–H groups in total. The van der Waals surface area contributed by atoms with E-state index in [1.165, 1.54) is 6.33 Å². The normalized spacial score (nSPS) is 13.9. The lowest BCUT2D eigenvalue weighted by molar-refractivity contribution is 0.315. The summed E-state index contributed by atoms with van der Waals surface area (Å²) in [5.74, 6) is 0.152. The highest BCUT2D eigenvalue weighted by Crippen LogP contribution is 1.91. The van der Waals surface area contributed by atoms with Gasteiger partial charge in [-0.3, -0.25) is 0 Å². The molecule has 0 radical (unpaired) electrons. The molecule has 76 valence electrons. The van der Waals surface area contributed by atoms with E-state index in [1.807, 2.05) is 0 Å².